The SMILES string of the molecule is Cc1ccc(C)c(S(=O)(=O)N[C@H]2CCS(=O)(=O)C2)c1. The lowest BCUT2D eigenvalue weighted by Crippen LogP contribution is -2.35. The van der Waals surface area contributed by atoms with Crippen molar-refractivity contribution in [3.63, 3.8) is 0 Å². The minimum atomic E-state index is -3.66. The molecule has 0 aliphatic carbocycles. The number of hydrogen-bond acceptors (Lipinski definition) is 4. The Morgan fingerprint density at radius 3 is 2.53 bits per heavy atom. The number of benzene rings is 1. The van der Waals surface area contributed by atoms with Crippen LogP contribution in [0.4, 0.5) is 0 Å². The molecule has 0 radical (unpaired) electrons. The van der Waals surface area contributed by atoms with E-state index in [-0.39, 0.29) is 16.4 Å². The summed E-state index contributed by atoms with van der Waals surface area (Å²) >= 11 is 0. The first-order chi connectivity index (χ1) is 8.70. The van der Waals surface area contributed by atoms with Crippen LogP contribution in [0.3, 0.4) is 0 Å². The van der Waals surface area contributed by atoms with E-state index in [4.69, 9.17) is 0 Å². The van der Waals surface area contributed by atoms with E-state index in [1.807, 2.05) is 13.0 Å². The molecule has 1 atom stereocenters. The Morgan fingerprint density at radius 1 is 1.26 bits per heavy atom. The zero-order chi connectivity index (χ0) is 14.3. The van der Waals surface area contributed by atoms with Crippen LogP contribution in [0.2, 0.25) is 0 Å². The first-order valence-corrected chi connectivity index (χ1v) is 9.30. The van der Waals surface area contributed by atoms with Crippen LogP contribution in [-0.4, -0.2) is 34.4 Å². The highest BCUT2D eigenvalue weighted by molar-refractivity contribution is 7.92. The van der Waals surface area contributed by atoms with Crippen molar-refractivity contribution in [2.45, 2.75) is 31.2 Å². The first kappa shape index (κ1) is 14.5. The molecule has 0 bridgehead atoms. The summed E-state index contributed by atoms with van der Waals surface area (Å²) in [5, 5.41) is 0. The van der Waals surface area contributed by atoms with Crippen LogP contribution in [0.5, 0.6) is 0 Å². The smallest absolute Gasteiger partial charge is 0.229 e. The molecule has 0 spiro atoms. The first-order valence-electron chi connectivity index (χ1n) is 6.00. The minimum Gasteiger partial charge on any atom is -0.229 e. The molecule has 0 saturated carbocycles. The van der Waals surface area contributed by atoms with Gasteiger partial charge in [0.25, 0.3) is 0 Å². The predicted molar refractivity (Wildman–Crippen MR) is 73.3 cm³/mol. The molecule has 5 nitrogen and oxygen atoms in total. The highest BCUT2D eigenvalue weighted by atomic mass is 32.2. The van der Waals surface area contributed by atoms with Crippen LogP contribution in [0.1, 0.15) is 17.5 Å². The second-order valence-corrected chi connectivity index (χ2v) is 8.90. The van der Waals surface area contributed by atoms with Crippen molar-refractivity contribution >= 4 is 19.9 Å². The number of hydrogen-bond donors (Lipinski definition) is 1. The second-order valence-electron chi connectivity index (χ2n) is 4.99. The molecule has 1 aromatic rings. The topological polar surface area (TPSA) is 80.3 Å². The molecule has 1 heterocycles. The van der Waals surface area contributed by atoms with Gasteiger partial charge in [0, 0.05) is 6.04 Å². The molecule has 1 fully saturated rings. The van der Waals surface area contributed by atoms with Gasteiger partial charge in [-0.05, 0) is 37.5 Å². The Balaban J connectivity index is 2.26. The van der Waals surface area contributed by atoms with Crippen LogP contribution in [0.15, 0.2) is 23.1 Å². The van der Waals surface area contributed by atoms with Gasteiger partial charge in [0.05, 0.1) is 16.4 Å². The maximum atomic E-state index is 12.3. The van der Waals surface area contributed by atoms with Crippen molar-refractivity contribution in [2.75, 3.05) is 11.5 Å². The average molecular weight is 303 g/mol. The largest absolute Gasteiger partial charge is 0.241 e. The van der Waals surface area contributed by atoms with Crippen molar-refractivity contribution in [1.82, 2.24) is 4.72 Å². The lowest BCUT2D eigenvalue weighted by Gasteiger charge is -2.13. The molecule has 2 rings (SSSR count). The third-order valence-corrected chi connectivity index (χ3v) is 6.62. The summed E-state index contributed by atoms with van der Waals surface area (Å²) in [4.78, 5) is 0.219. The highest BCUT2D eigenvalue weighted by Gasteiger charge is 2.31. The molecule has 0 amide bonds. The number of aryl methyl sites for hydroxylation is 2. The van der Waals surface area contributed by atoms with E-state index < -0.39 is 25.9 Å². The fourth-order valence-electron chi connectivity index (χ4n) is 2.17. The Labute approximate surface area is 114 Å². The van der Waals surface area contributed by atoms with Crippen molar-refractivity contribution in [1.29, 1.82) is 0 Å². The van der Waals surface area contributed by atoms with Gasteiger partial charge in [0.1, 0.15) is 0 Å². The standard InChI is InChI=1S/C12H17NO4S2/c1-9-3-4-10(2)12(7-9)19(16,17)13-11-5-6-18(14,15)8-11/h3-4,7,11,13H,5-6,8H2,1-2H3/t11-/m0/s1. The monoisotopic (exact) mass is 303 g/mol. The molecule has 1 aliphatic heterocycles. The van der Waals surface area contributed by atoms with Gasteiger partial charge in [-0.3, -0.25) is 0 Å². The Kier molecular flexibility index (Phi) is 3.72. The van der Waals surface area contributed by atoms with Crippen LogP contribution in [-0.2, 0) is 19.9 Å². The number of nitrogens with one attached hydrogen (secondary N) is 1. The van der Waals surface area contributed by atoms with Gasteiger partial charge >= 0.3 is 0 Å². The van der Waals surface area contributed by atoms with E-state index in [9.17, 15) is 16.8 Å². The molecule has 1 aliphatic rings. The summed E-state index contributed by atoms with van der Waals surface area (Å²) in [6.45, 7) is 3.54. The van der Waals surface area contributed by atoms with Gasteiger partial charge in [-0.1, -0.05) is 12.1 Å². The molecule has 7 heteroatoms. The van der Waals surface area contributed by atoms with E-state index in [1.54, 1.807) is 19.1 Å². The number of sulfonamides is 1. The Hall–Kier alpha value is -0.920. The fourth-order valence-corrected chi connectivity index (χ4v) is 5.55. The van der Waals surface area contributed by atoms with E-state index in [0.717, 1.165) is 5.56 Å². The van der Waals surface area contributed by atoms with Crippen LogP contribution >= 0.6 is 0 Å². The Bertz CT molecular complexity index is 692. The predicted octanol–water partition coefficient (Wildman–Crippen LogP) is 0.769. The van der Waals surface area contributed by atoms with Crippen LogP contribution < -0.4 is 4.72 Å². The summed E-state index contributed by atoms with van der Waals surface area (Å²) in [6, 6.07) is 4.67. The molecular formula is C12H17NO4S2. The summed E-state index contributed by atoms with van der Waals surface area (Å²) in [7, 11) is -6.76. The maximum absolute atomic E-state index is 12.3. The second kappa shape index (κ2) is 4.88. The quantitative estimate of drug-likeness (QED) is 0.894. The van der Waals surface area contributed by atoms with Gasteiger partial charge in [-0.15, -0.1) is 0 Å². The van der Waals surface area contributed by atoms with Crippen molar-refractivity contribution in [2.24, 2.45) is 0 Å². The molecular weight excluding hydrogens is 286 g/mol. The van der Waals surface area contributed by atoms with E-state index >= 15 is 0 Å². The third kappa shape index (κ3) is 3.34. The normalized spacial score (nSPS) is 22.5. The van der Waals surface area contributed by atoms with E-state index in [0.29, 0.717) is 12.0 Å². The molecule has 19 heavy (non-hydrogen) atoms. The van der Waals surface area contributed by atoms with Crippen LogP contribution in [0, 0.1) is 13.8 Å². The van der Waals surface area contributed by atoms with Crippen molar-refractivity contribution in [3.8, 4) is 0 Å². The van der Waals surface area contributed by atoms with E-state index in [2.05, 4.69) is 4.72 Å². The average Bonchev–Trinajstić information content (AvgIpc) is 2.60. The van der Waals surface area contributed by atoms with Gasteiger partial charge < -0.3 is 0 Å². The van der Waals surface area contributed by atoms with Gasteiger partial charge in [0.15, 0.2) is 9.84 Å². The maximum Gasteiger partial charge on any atom is 0.241 e. The third-order valence-electron chi connectivity index (χ3n) is 3.19. The molecule has 0 unspecified atom stereocenters. The van der Waals surface area contributed by atoms with Gasteiger partial charge in [-0.2, -0.15) is 0 Å². The highest BCUT2D eigenvalue weighted by Crippen LogP contribution is 2.19. The van der Waals surface area contributed by atoms with Gasteiger partial charge in [-0.25, -0.2) is 21.6 Å². The van der Waals surface area contributed by atoms with E-state index in [1.165, 1.54) is 0 Å². The summed E-state index contributed by atoms with van der Waals surface area (Å²) in [6.07, 6.45) is 0.340. The summed E-state index contributed by atoms with van der Waals surface area (Å²) in [5.41, 5.74) is 1.50. The Morgan fingerprint density at radius 2 is 1.95 bits per heavy atom. The zero-order valence-corrected chi connectivity index (χ0v) is 12.5. The number of sulfone groups is 1. The zero-order valence-electron chi connectivity index (χ0n) is 10.9. The summed E-state index contributed by atoms with van der Waals surface area (Å²) < 4.78 is 49.7. The van der Waals surface area contributed by atoms with Gasteiger partial charge in [0.2, 0.25) is 10.0 Å². The number of rotatable bonds is 3. The molecule has 1 saturated heterocycles. The molecule has 106 valence electrons. The molecule has 1 N–H and O–H groups in total. The molecule has 1 aromatic carbocycles. The van der Waals surface area contributed by atoms with Crippen molar-refractivity contribution < 1.29 is 16.8 Å². The lowest BCUT2D eigenvalue weighted by atomic mass is 10.2. The van der Waals surface area contributed by atoms with Crippen molar-refractivity contribution in [3.05, 3.63) is 29.3 Å². The molecule has 0 aromatic heterocycles. The summed E-state index contributed by atoms with van der Waals surface area (Å²) in [5.74, 6) is -0.0654. The van der Waals surface area contributed by atoms with Crippen LogP contribution in [0.25, 0.3) is 0 Å². The minimum absolute atomic E-state index is 0.0486. The lowest BCUT2D eigenvalue weighted by molar-refractivity contribution is 0.562. The fraction of sp³-hybridized carbons (Fsp3) is 0.500.